The third-order valence-corrected chi connectivity index (χ3v) is 8.81. The molecule has 5 heterocycles. The number of rotatable bonds is 6. The minimum Gasteiger partial charge on any atom is -0.356 e. The molecule has 0 radical (unpaired) electrons. The number of fused-ring (bicyclic) bond motifs is 2. The summed E-state index contributed by atoms with van der Waals surface area (Å²) in [4.78, 5) is 58.1. The van der Waals surface area contributed by atoms with Gasteiger partial charge in [0, 0.05) is 37.3 Å². The summed E-state index contributed by atoms with van der Waals surface area (Å²) in [7, 11) is 1.56. The summed E-state index contributed by atoms with van der Waals surface area (Å²) in [6.45, 7) is 3.85. The van der Waals surface area contributed by atoms with Crippen LogP contribution in [0.5, 0.6) is 0 Å². The Kier molecular flexibility index (Phi) is 6.21. The Balaban J connectivity index is 1.10. The van der Waals surface area contributed by atoms with Crippen molar-refractivity contribution in [1.29, 1.82) is 0 Å². The van der Waals surface area contributed by atoms with Crippen LogP contribution in [0, 0.1) is 23.7 Å². The van der Waals surface area contributed by atoms with Gasteiger partial charge in [0.2, 0.25) is 5.91 Å². The third-order valence-electron chi connectivity index (χ3n) is 7.92. The first-order valence-electron chi connectivity index (χ1n) is 12.8. The van der Waals surface area contributed by atoms with Crippen LogP contribution in [0.25, 0.3) is 10.6 Å². The van der Waals surface area contributed by atoms with E-state index in [4.69, 9.17) is 0 Å². The number of anilines is 2. The lowest BCUT2D eigenvalue weighted by atomic mass is 10.1. The van der Waals surface area contributed by atoms with Crippen LogP contribution in [-0.2, 0) is 9.59 Å². The first-order chi connectivity index (χ1) is 19.1. The number of imide groups is 1. The number of amides is 4. The van der Waals surface area contributed by atoms with Gasteiger partial charge in [-0.1, -0.05) is 5.92 Å². The zero-order valence-corrected chi connectivity index (χ0v) is 22.7. The Morgan fingerprint density at radius 1 is 1.27 bits per heavy atom. The molecule has 2 aromatic rings. The molecular weight excluding hydrogens is 542 g/mol. The summed E-state index contributed by atoms with van der Waals surface area (Å²) in [6.07, 6.45) is 2.35. The van der Waals surface area contributed by atoms with Gasteiger partial charge in [0.25, 0.3) is 11.8 Å². The second-order valence-corrected chi connectivity index (χ2v) is 11.1. The van der Waals surface area contributed by atoms with Crippen molar-refractivity contribution < 1.29 is 23.2 Å². The van der Waals surface area contributed by atoms with Gasteiger partial charge in [0.15, 0.2) is 12.2 Å². The van der Waals surface area contributed by atoms with E-state index >= 15 is 0 Å². The maximum Gasteiger partial charge on any atom is 0.329 e. The first-order valence-corrected chi connectivity index (χ1v) is 13.6. The molecule has 2 aromatic heterocycles. The summed E-state index contributed by atoms with van der Waals surface area (Å²) in [6, 6.07) is 1.51. The molecule has 40 heavy (non-hydrogen) atoms. The second kappa shape index (κ2) is 9.51. The molecule has 1 saturated carbocycles. The number of nitrogens with one attached hydrogen (secondary N) is 1. The number of urea groups is 1. The molecule has 2 saturated heterocycles. The molecule has 1 N–H and O–H groups in total. The number of thiazole rings is 1. The SMILES string of the molecule is CC#CCN1C(=O)C2C(N=CN2[C@@H](C)C(=O)Nc2csc(-c3ccc(N4CC5C(C4)C5(F)F)nc3)n2)N(C)C1=O. The molecule has 4 unspecified atom stereocenters. The lowest BCUT2D eigenvalue weighted by Crippen LogP contribution is -2.66. The van der Waals surface area contributed by atoms with Crippen molar-refractivity contribution in [3.05, 3.63) is 23.7 Å². The Labute approximate surface area is 232 Å². The first kappa shape index (κ1) is 26.1. The second-order valence-electron chi connectivity index (χ2n) is 10.2. The highest BCUT2D eigenvalue weighted by Gasteiger charge is 2.71. The fourth-order valence-corrected chi connectivity index (χ4v) is 6.19. The average Bonchev–Trinajstić information content (AvgIpc) is 3.53. The molecule has 0 spiro atoms. The summed E-state index contributed by atoms with van der Waals surface area (Å²) >= 11 is 1.32. The molecule has 3 fully saturated rings. The van der Waals surface area contributed by atoms with Gasteiger partial charge in [-0.3, -0.25) is 14.5 Å². The van der Waals surface area contributed by atoms with E-state index in [1.165, 1.54) is 22.6 Å². The van der Waals surface area contributed by atoms with E-state index in [-0.39, 0.29) is 6.54 Å². The minimum atomic E-state index is -2.54. The number of carbonyl (C=O) groups is 3. The fourth-order valence-electron chi connectivity index (χ4n) is 5.45. The number of halogens is 2. The fraction of sp³-hybridized carbons (Fsp3) is 0.462. The molecule has 4 aliphatic rings. The number of piperidine rings is 1. The molecular formula is C26H26F2N8O3S. The van der Waals surface area contributed by atoms with E-state index in [9.17, 15) is 23.2 Å². The molecule has 6 rings (SSSR count). The smallest absolute Gasteiger partial charge is 0.329 e. The summed E-state index contributed by atoms with van der Waals surface area (Å²) in [5, 5.41) is 5.13. The number of hydrogen-bond donors (Lipinski definition) is 1. The van der Waals surface area contributed by atoms with Crippen molar-refractivity contribution in [2.24, 2.45) is 16.8 Å². The molecule has 14 heteroatoms. The van der Waals surface area contributed by atoms with Crippen LogP contribution in [0.15, 0.2) is 28.7 Å². The molecule has 5 atom stereocenters. The van der Waals surface area contributed by atoms with Crippen LogP contribution in [0.4, 0.5) is 25.2 Å². The molecule has 11 nitrogen and oxygen atoms in total. The van der Waals surface area contributed by atoms with Crippen LogP contribution in [-0.4, -0.2) is 99.7 Å². The monoisotopic (exact) mass is 568 g/mol. The van der Waals surface area contributed by atoms with Crippen LogP contribution >= 0.6 is 11.3 Å². The van der Waals surface area contributed by atoms with Crippen molar-refractivity contribution in [1.82, 2.24) is 24.7 Å². The summed E-state index contributed by atoms with van der Waals surface area (Å²) < 4.78 is 27.0. The van der Waals surface area contributed by atoms with Crippen molar-refractivity contribution >= 4 is 47.2 Å². The van der Waals surface area contributed by atoms with Crippen molar-refractivity contribution in [2.45, 2.75) is 38.0 Å². The number of alkyl halides is 2. The topological polar surface area (TPSA) is 114 Å². The summed E-state index contributed by atoms with van der Waals surface area (Å²) in [5.41, 5.74) is 0.738. The number of likely N-dealkylation sites (N-methyl/N-ethyl adjacent to an activating group) is 1. The predicted octanol–water partition coefficient (Wildman–Crippen LogP) is 2.19. The Bertz CT molecular complexity index is 1450. The van der Waals surface area contributed by atoms with E-state index in [0.29, 0.717) is 29.7 Å². The van der Waals surface area contributed by atoms with Gasteiger partial charge in [-0.25, -0.2) is 28.5 Å². The molecule has 3 aliphatic heterocycles. The Morgan fingerprint density at radius 2 is 2.02 bits per heavy atom. The van der Waals surface area contributed by atoms with Crippen LogP contribution in [0.1, 0.15) is 13.8 Å². The van der Waals surface area contributed by atoms with Crippen molar-refractivity contribution in [2.75, 3.05) is 36.9 Å². The summed E-state index contributed by atoms with van der Waals surface area (Å²) in [5.74, 6) is 1.89. The lowest BCUT2D eigenvalue weighted by Gasteiger charge is -2.41. The third kappa shape index (κ3) is 4.16. The van der Waals surface area contributed by atoms with E-state index < -0.39 is 53.9 Å². The highest BCUT2D eigenvalue weighted by atomic mass is 32.1. The number of nitrogens with zero attached hydrogens (tertiary/aromatic N) is 7. The Hall–Kier alpha value is -4.12. The van der Waals surface area contributed by atoms with Crippen molar-refractivity contribution in [3.8, 4) is 22.4 Å². The quantitative estimate of drug-likeness (QED) is 0.532. The van der Waals surface area contributed by atoms with E-state index in [1.54, 1.807) is 43.4 Å². The molecule has 4 amide bonds. The zero-order valence-electron chi connectivity index (χ0n) is 21.9. The van der Waals surface area contributed by atoms with Gasteiger partial charge in [0.1, 0.15) is 22.7 Å². The highest BCUT2D eigenvalue weighted by Crippen LogP contribution is 2.59. The highest BCUT2D eigenvalue weighted by molar-refractivity contribution is 7.13. The van der Waals surface area contributed by atoms with Gasteiger partial charge in [-0.15, -0.1) is 17.3 Å². The number of hydrogen-bond acceptors (Lipinski definition) is 9. The minimum absolute atomic E-state index is 0.0391. The molecule has 0 bridgehead atoms. The largest absolute Gasteiger partial charge is 0.356 e. The van der Waals surface area contributed by atoms with Crippen molar-refractivity contribution in [3.63, 3.8) is 0 Å². The van der Waals surface area contributed by atoms with Crippen LogP contribution in [0.2, 0.25) is 0 Å². The van der Waals surface area contributed by atoms with Gasteiger partial charge < -0.3 is 20.0 Å². The number of pyridine rings is 1. The van der Waals surface area contributed by atoms with Gasteiger partial charge in [0.05, 0.1) is 24.7 Å². The van der Waals surface area contributed by atoms with Gasteiger partial charge >= 0.3 is 6.03 Å². The van der Waals surface area contributed by atoms with Crippen LogP contribution < -0.4 is 10.2 Å². The number of aliphatic imine (C=N–C) groups is 1. The molecule has 0 aromatic carbocycles. The lowest BCUT2D eigenvalue weighted by molar-refractivity contribution is -0.138. The average molecular weight is 569 g/mol. The van der Waals surface area contributed by atoms with Crippen LogP contribution in [0.3, 0.4) is 0 Å². The maximum atomic E-state index is 13.5. The maximum absolute atomic E-state index is 13.5. The molecule has 1 aliphatic carbocycles. The van der Waals surface area contributed by atoms with E-state index in [1.807, 2.05) is 11.0 Å². The predicted molar refractivity (Wildman–Crippen MR) is 144 cm³/mol. The molecule has 208 valence electrons. The number of aromatic nitrogens is 2. The number of carbonyl (C=O) groups excluding carboxylic acids is 3. The van der Waals surface area contributed by atoms with E-state index in [0.717, 1.165) is 10.5 Å². The standard InChI is InChI=1S/C26H26F2N8O3S/c1-4-5-8-35-24(38)20-21(33(3)25(35)39)30-13-36(20)14(2)22(37)31-18-12-40-23(32-18)15-6-7-19(29-9-15)34-10-16-17(11-34)26(16,27)28/h6-7,9,12-14,16-17,20-21H,8,10-11H2,1-3H3,(H,31,37)/t14-,16?,17?,20?,21?/m0/s1. The van der Waals surface area contributed by atoms with E-state index in [2.05, 4.69) is 32.1 Å². The normalized spacial score (nSPS) is 26.8. The van der Waals surface area contributed by atoms with Gasteiger partial charge in [-0.2, -0.15) is 0 Å². The van der Waals surface area contributed by atoms with Gasteiger partial charge in [-0.05, 0) is 26.0 Å². The Morgan fingerprint density at radius 3 is 2.70 bits per heavy atom. The zero-order chi connectivity index (χ0) is 28.3.